The molecule has 1 saturated carbocycles. The van der Waals surface area contributed by atoms with Crippen molar-refractivity contribution >= 4 is 15.9 Å². The Balaban J connectivity index is 2.33. The molecule has 0 radical (unpaired) electrons. The summed E-state index contributed by atoms with van der Waals surface area (Å²) in [6.45, 7) is 0. The first-order valence-electron chi connectivity index (χ1n) is 4.61. The van der Waals surface area contributed by atoms with E-state index in [2.05, 4.69) is 27.0 Å². The van der Waals surface area contributed by atoms with Gasteiger partial charge < -0.3 is 5.73 Å². The highest BCUT2D eigenvalue weighted by Gasteiger charge is 2.31. The molecule has 1 aliphatic carbocycles. The summed E-state index contributed by atoms with van der Waals surface area (Å²) < 4.78 is 1.02. The molecule has 3 heteroatoms. The molecule has 0 aromatic carbocycles. The molecule has 0 atom stereocenters. The molecule has 0 saturated heterocycles. The number of aromatic nitrogens is 1. The summed E-state index contributed by atoms with van der Waals surface area (Å²) in [7, 11) is 0. The summed E-state index contributed by atoms with van der Waals surface area (Å²) in [5, 5.41) is 0. The number of pyridine rings is 1. The van der Waals surface area contributed by atoms with Crippen molar-refractivity contribution in [1.29, 1.82) is 0 Å². The first kappa shape index (κ1) is 9.16. The van der Waals surface area contributed by atoms with Crippen LogP contribution in [-0.2, 0) is 5.54 Å². The predicted octanol–water partition coefficient (Wildman–Crippen LogP) is 2.57. The molecular formula is C10H13BrN2. The highest BCUT2D eigenvalue weighted by molar-refractivity contribution is 9.10. The second-order valence-electron chi connectivity index (χ2n) is 3.76. The van der Waals surface area contributed by atoms with Crippen LogP contribution in [0.1, 0.15) is 31.2 Å². The van der Waals surface area contributed by atoms with E-state index in [1.807, 2.05) is 6.20 Å². The third kappa shape index (κ3) is 1.76. The lowest BCUT2D eigenvalue weighted by molar-refractivity contribution is 0.460. The van der Waals surface area contributed by atoms with E-state index >= 15 is 0 Å². The van der Waals surface area contributed by atoms with Crippen LogP contribution < -0.4 is 5.73 Å². The molecule has 0 bridgehead atoms. The van der Waals surface area contributed by atoms with E-state index in [1.165, 1.54) is 18.4 Å². The van der Waals surface area contributed by atoms with Gasteiger partial charge in [0, 0.05) is 22.4 Å². The van der Waals surface area contributed by atoms with Gasteiger partial charge in [0.1, 0.15) is 0 Å². The third-order valence-corrected chi connectivity index (χ3v) is 3.21. The summed E-state index contributed by atoms with van der Waals surface area (Å²) in [5.74, 6) is 0. The smallest absolute Gasteiger partial charge is 0.0425 e. The molecule has 0 spiro atoms. The fraction of sp³-hybridized carbons (Fsp3) is 0.500. The van der Waals surface area contributed by atoms with Gasteiger partial charge in [-0.1, -0.05) is 12.8 Å². The van der Waals surface area contributed by atoms with Gasteiger partial charge in [-0.2, -0.15) is 0 Å². The Hall–Kier alpha value is -0.410. The monoisotopic (exact) mass is 240 g/mol. The van der Waals surface area contributed by atoms with Gasteiger partial charge >= 0.3 is 0 Å². The van der Waals surface area contributed by atoms with E-state index in [9.17, 15) is 0 Å². The van der Waals surface area contributed by atoms with Gasteiger partial charge in [-0.05, 0) is 40.4 Å². The number of hydrogen-bond acceptors (Lipinski definition) is 2. The Morgan fingerprint density at radius 1 is 1.31 bits per heavy atom. The summed E-state index contributed by atoms with van der Waals surface area (Å²) >= 11 is 3.42. The van der Waals surface area contributed by atoms with Crippen molar-refractivity contribution in [3.05, 3.63) is 28.5 Å². The standard InChI is InChI=1S/C10H13BrN2/c11-9-5-8(6-13-7-9)10(12)3-1-2-4-10/h5-7H,1-4,12H2. The molecule has 2 nitrogen and oxygen atoms in total. The Kier molecular flexibility index (Phi) is 2.39. The summed E-state index contributed by atoms with van der Waals surface area (Å²) in [5.41, 5.74) is 7.34. The second-order valence-corrected chi connectivity index (χ2v) is 4.67. The molecule has 1 fully saturated rings. The zero-order chi connectivity index (χ0) is 9.31. The first-order valence-corrected chi connectivity index (χ1v) is 5.40. The van der Waals surface area contributed by atoms with Crippen LogP contribution in [0.3, 0.4) is 0 Å². The van der Waals surface area contributed by atoms with Gasteiger partial charge in [0.15, 0.2) is 0 Å². The molecular weight excluding hydrogens is 228 g/mol. The molecule has 1 heterocycles. The van der Waals surface area contributed by atoms with Crippen LogP contribution in [0.4, 0.5) is 0 Å². The van der Waals surface area contributed by atoms with Crippen LogP contribution in [0.15, 0.2) is 22.9 Å². The van der Waals surface area contributed by atoms with Crippen LogP contribution in [-0.4, -0.2) is 4.98 Å². The van der Waals surface area contributed by atoms with Crippen molar-refractivity contribution in [1.82, 2.24) is 4.98 Å². The lowest BCUT2D eigenvalue weighted by Gasteiger charge is -2.23. The Labute approximate surface area is 86.7 Å². The zero-order valence-electron chi connectivity index (χ0n) is 7.46. The maximum atomic E-state index is 6.29. The lowest BCUT2D eigenvalue weighted by Crippen LogP contribution is -2.33. The van der Waals surface area contributed by atoms with Crippen molar-refractivity contribution in [2.75, 3.05) is 0 Å². The van der Waals surface area contributed by atoms with E-state index in [1.54, 1.807) is 6.20 Å². The van der Waals surface area contributed by atoms with E-state index in [-0.39, 0.29) is 5.54 Å². The molecule has 1 aliphatic rings. The Morgan fingerprint density at radius 3 is 2.62 bits per heavy atom. The zero-order valence-corrected chi connectivity index (χ0v) is 9.05. The molecule has 0 amide bonds. The van der Waals surface area contributed by atoms with Crippen LogP contribution in [0.5, 0.6) is 0 Å². The highest BCUT2D eigenvalue weighted by atomic mass is 79.9. The topological polar surface area (TPSA) is 38.9 Å². The fourth-order valence-electron chi connectivity index (χ4n) is 1.98. The number of hydrogen-bond donors (Lipinski definition) is 1. The van der Waals surface area contributed by atoms with Crippen molar-refractivity contribution in [2.45, 2.75) is 31.2 Å². The van der Waals surface area contributed by atoms with Gasteiger partial charge in [0.25, 0.3) is 0 Å². The average molecular weight is 241 g/mol. The maximum Gasteiger partial charge on any atom is 0.0425 e. The van der Waals surface area contributed by atoms with Crippen LogP contribution in [0, 0.1) is 0 Å². The molecule has 13 heavy (non-hydrogen) atoms. The maximum absolute atomic E-state index is 6.29. The first-order chi connectivity index (χ1) is 6.21. The summed E-state index contributed by atoms with van der Waals surface area (Å²) in [6, 6.07) is 2.08. The van der Waals surface area contributed by atoms with Gasteiger partial charge in [-0.15, -0.1) is 0 Å². The number of nitrogens with zero attached hydrogens (tertiary/aromatic N) is 1. The van der Waals surface area contributed by atoms with Crippen LogP contribution >= 0.6 is 15.9 Å². The fourth-order valence-corrected chi connectivity index (χ4v) is 2.34. The van der Waals surface area contributed by atoms with E-state index in [0.29, 0.717) is 0 Å². The number of rotatable bonds is 1. The largest absolute Gasteiger partial charge is 0.321 e. The number of halogens is 1. The van der Waals surface area contributed by atoms with Crippen molar-refractivity contribution in [2.24, 2.45) is 5.73 Å². The SMILES string of the molecule is NC1(c2cncc(Br)c2)CCCC1. The van der Waals surface area contributed by atoms with E-state index in [4.69, 9.17) is 5.73 Å². The molecule has 2 N–H and O–H groups in total. The van der Waals surface area contributed by atoms with Gasteiger partial charge in [0.2, 0.25) is 0 Å². The van der Waals surface area contributed by atoms with Crippen LogP contribution in [0.25, 0.3) is 0 Å². The van der Waals surface area contributed by atoms with Crippen molar-refractivity contribution < 1.29 is 0 Å². The third-order valence-electron chi connectivity index (χ3n) is 2.78. The highest BCUT2D eigenvalue weighted by Crippen LogP contribution is 2.36. The molecule has 0 unspecified atom stereocenters. The van der Waals surface area contributed by atoms with Gasteiger partial charge in [-0.3, -0.25) is 4.98 Å². The average Bonchev–Trinajstić information content (AvgIpc) is 2.54. The normalized spacial score (nSPS) is 20.5. The Bertz CT molecular complexity index is 306. The van der Waals surface area contributed by atoms with Gasteiger partial charge in [0.05, 0.1) is 0 Å². The lowest BCUT2D eigenvalue weighted by atomic mass is 9.91. The van der Waals surface area contributed by atoms with Gasteiger partial charge in [-0.25, -0.2) is 0 Å². The summed E-state index contributed by atoms with van der Waals surface area (Å²) in [6.07, 6.45) is 8.33. The molecule has 2 rings (SSSR count). The summed E-state index contributed by atoms with van der Waals surface area (Å²) in [4.78, 5) is 4.15. The van der Waals surface area contributed by atoms with Crippen molar-refractivity contribution in [3.8, 4) is 0 Å². The number of nitrogens with two attached hydrogens (primary N) is 1. The minimum absolute atomic E-state index is 0.114. The second kappa shape index (κ2) is 3.39. The van der Waals surface area contributed by atoms with Crippen molar-refractivity contribution in [3.63, 3.8) is 0 Å². The molecule has 1 aromatic rings. The molecule has 1 aromatic heterocycles. The van der Waals surface area contributed by atoms with E-state index < -0.39 is 0 Å². The quantitative estimate of drug-likeness (QED) is 0.820. The minimum Gasteiger partial charge on any atom is -0.321 e. The molecule has 0 aliphatic heterocycles. The Morgan fingerprint density at radius 2 is 2.00 bits per heavy atom. The molecule has 70 valence electrons. The minimum atomic E-state index is -0.114. The van der Waals surface area contributed by atoms with E-state index in [0.717, 1.165) is 17.3 Å². The van der Waals surface area contributed by atoms with Crippen LogP contribution in [0.2, 0.25) is 0 Å². The predicted molar refractivity (Wildman–Crippen MR) is 56.3 cm³/mol.